The van der Waals surface area contributed by atoms with Crippen molar-refractivity contribution in [1.29, 1.82) is 0 Å². The van der Waals surface area contributed by atoms with Crippen molar-refractivity contribution < 1.29 is 4.79 Å². The van der Waals surface area contributed by atoms with Crippen molar-refractivity contribution in [3.8, 4) is 0 Å². The highest BCUT2D eigenvalue weighted by atomic mass is 16.1. The van der Waals surface area contributed by atoms with E-state index in [2.05, 4.69) is 20.9 Å². The summed E-state index contributed by atoms with van der Waals surface area (Å²) in [6, 6.07) is 7.62. The van der Waals surface area contributed by atoms with E-state index in [-0.39, 0.29) is 5.91 Å². The lowest BCUT2D eigenvalue weighted by Gasteiger charge is -2.21. The summed E-state index contributed by atoms with van der Waals surface area (Å²) in [5.41, 5.74) is 1.80. The number of carbonyl (C=O) groups excluding carboxylic acids is 1. The summed E-state index contributed by atoms with van der Waals surface area (Å²) in [4.78, 5) is 15.8. The smallest absolute Gasteiger partial charge is 0.251 e. The Kier molecular flexibility index (Phi) is 8.29. The third-order valence-electron chi connectivity index (χ3n) is 4.93. The van der Waals surface area contributed by atoms with Gasteiger partial charge in [-0.05, 0) is 36.5 Å². The summed E-state index contributed by atoms with van der Waals surface area (Å²) in [7, 11) is 3.44. The van der Waals surface area contributed by atoms with Crippen LogP contribution < -0.4 is 16.0 Å². The first-order valence-corrected chi connectivity index (χ1v) is 9.48. The maximum atomic E-state index is 11.5. The molecule has 1 aliphatic rings. The molecule has 3 N–H and O–H groups in total. The fourth-order valence-electron chi connectivity index (χ4n) is 3.40. The van der Waals surface area contributed by atoms with E-state index in [9.17, 15) is 4.79 Å². The Morgan fingerprint density at radius 1 is 1.12 bits per heavy atom. The molecule has 0 heterocycles. The molecule has 1 aromatic carbocycles. The second kappa shape index (κ2) is 10.7. The SMILES string of the molecule is CN=C(NCCCC1CCCCC1)NCc1ccc(C(=O)NC)cc1. The molecule has 1 aromatic rings. The lowest BCUT2D eigenvalue weighted by Crippen LogP contribution is -2.37. The molecular formula is C20H32N4O. The summed E-state index contributed by atoms with van der Waals surface area (Å²) < 4.78 is 0. The first kappa shape index (κ1) is 19.3. The molecule has 1 amide bonds. The van der Waals surface area contributed by atoms with Crippen LogP contribution in [0.5, 0.6) is 0 Å². The first-order valence-electron chi connectivity index (χ1n) is 9.48. The van der Waals surface area contributed by atoms with Crippen LogP contribution in [0.4, 0.5) is 0 Å². The van der Waals surface area contributed by atoms with Crippen molar-refractivity contribution in [3.05, 3.63) is 35.4 Å². The van der Waals surface area contributed by atoms with Crippen LogP contribution in [0.15, 0.2) is 29.3 Å². The number of rotatable bonds is 7. The second-order valence-corrected chi connectivity index (χ2v) is 6.77. The van der Waals surface area contributed by atoms with Gasteiger partial charge in [-0.2, -0.15) is 0 Å². The molecule has 0 unspecified atom stereocenters. The number of carbonyl (C=O) groups is 1. The number of hydrogen-bond acceptors (Lipinski definition) is 2. The largest absolute Gasteiger partial charge is 0.356 e. The number of hydrogen-bond donors (Lipinski definition) is 3. The van der Waals surface area contributed by atoms with Gasteiger partial charge in [-0.25, -0.2) is 0 Å². The Morgan fingerprint density at radius 2 is 1.84 bits per heavy atom. The van der Waals surface area contributed by atoms with Crippen LogP contribution in [0.3, 0.4) is 0 Å². The van der Waals surface area contributed by atoms with Gasteiger partial charge in [0.05, 0.1) is 0 Å². The van der Waals surface area contributed by atoms with Gasteiger partial charge >= 0.3 is 0 Å². The van der Waals surface area contributed by atoms with E-state index in [4.69, 9.17) is 0 Å². The summed E-state index contributed by atoms with van der Waals surface area (Å²) >= 11 is 0. The zero-order valence-electron chi connectivity index (χ0n) is 15.6. The van der Waals surface area contributed by atoms with E-state index >= 15 is 0 Å². The maximum Gasteiger partial charge on any atom is 0.251 e. The van der Waals surface area contributed by atoms with Gasteiger partial charge in [0.2, 0.25) is 0 Å². The molecule has 1 fully saturated rings. The maximum absolute atomic E-state index is 11.5. The van der Waals surface area contributed by atoms with Crippen LogP contribution in [-0.2, 0) is 6.54 Å². The van der Waals surface area contributed by atoms with Crippen LogP contribution in [0, 0.1) is 5.92 Å². The molecule has 1 saturated carbocycles. The molecule has 1 aliphatic carbocycles. The molecular weight excluding hydrogens is 312 g/mol. The highest BCUT2D eigenvalue weighted by Crippen LogP contribution is 2.26. The van der Waals surface area contributed by atoms with E-state index in [1.165, 1.54) is 44.9 Å². The van der Waals surface area contributed by atoms with E-state index in [0.717, 1.165) is 24.0 Å². The monoisotopic (exact) mass is 344 g/mol. The van der Waals surface area contributed by atoms with Gasteiger partial charge in [-0.3, -0.25) is 9.79 Å². The number of benzene rings is 1. The van der Waals surface area contributed by atoms with Crippen molar-refractivity contribution >= 4 is 11.9 Å². The molecule has 0 radical (unpaired) electrons. The van der Waals surface area contributed by atoms with Gasteiger partial charge in [0.15, 0.2) is 5.96 Å². The standard InChI is InChI=1S/C20H32N4O/c1-21-19(25)18-12-10-17(11-13-18)15-24-20(22-2)23-14-6-9-16-7-4-3-5-8-16/h10-13,16H,3-9,14-15H2,1-2H3,(H,21,25)(H2,22,23,24). The first-order chi connectivity index (χ1) is 12.2. The molecule has 5 heteroatoms. The van der Waals surface area contributed by atoms with Gasteiger partial charge in [0.25, 0.3) is 5.91 Å². The van der Waals surface area contributed by atoms with E-state index in [1.807, 2.05) is 24.3 Å². The van der Waals surface area contributed by atoms with Gasteiger partial charge in [0, 0.05) is 32.7 Å². The number of nitrogens with one attached hydrogen (secondary N) is 3. The summed E-state index contributed by atoms with van der Waals surface area (Å²) in [6.07, 6.45) is 9.62. The third kappa shape index (κ3) is 6.77. The van der Waals surface area contributed by atoms with Crippen molar-refractivity contribution in [2.45, 2.75) is 51.5 Å². The Morgan fingerprint density at radius 3 is 2.48 bits per heavy atom. The quantitative estimate of drug-likeness (QED) is 0.405. The number of amides is 1. The highest BCUT2D eigenvalue weighted by molar-refractivity contribution is 5.93. The summed E-state index contributed by atoms with van der Waals surface area (Å²) in [5.74, 6) is 1.71. The van der Waals surface area contributed by atoms with Gasteiger partial charge < -0.3 is 16.0 Å². The normalized spacial score (nSPS) is 15.7. The average molecular weight is 345 g/mol. The summed E-state index contributed by atoms with van der Waals surface area (Å²) in [6.45, 7) is 1.65. The van der Waals surface area contributed by atoms with Gasteiger partial charge in [0.1, 0.15) is 0 Å². The minimum Gasteiger partial charge on any atom is -0.356 e. The molecule has 2 rings (SSSR count). The molecule has 0 spiro atoms. The lowest BCUT2D eigenvalue weighted by atomic mass is 9.86. The molecule has 25 heavy (non-hydrogen) atoms. The van der Waals surface area contributed by atoms with Crippen molar-refractivity contribution in [3.63, 3.8) is 0 Å². The van der Waals surface area contributed by atoms with Crippen molar-refractivity contribution in [2.75, 3.05) is 20.6 Å². The van der Waals surface area contributed by atoms with Gasteiger partial charge in [-0.15, -0.1) is 0 Å². The molecule has 0 aliphatic heterocycles. The molecule has 0 saturated heterocycles. The fraction of sp³-hybridized carbons (Fsp3) is 0.600. The van der Waals surface area contributed by atoms with Crippen LogP contribution in [-0.4, -0.2) is 32.5 Å². The number of aliphatic imine (C=N–C) groups is 1. The topological polar surface area (TPSA) is 65.5 Å². The fourth-order valence-corrected chi connectivity index (χ4v) is 3.40. The van der Waals surface area contributed by atoms with Crippen LogP contribution in [0.2, 0.25) is 0 Å². The second-order valence-electron chi connectivity index (χ2n) is 6.77. The van der Waals surface area contributed by atoms with Crippen LogP contribution >= 0.6 is 0 Å². The Hall–Kier alpha value is -2.04. The summed E-state index contributed by atoms with van der Waals surface area (Å²) in [5, 5.41) is 9.35. The Bertz CT molecular complexity index is 547. The predicted octanol–water partition coefficient (Wildman–Crippen LogP) is 3.07. The Labute approximate surface area is 151 Å². The zero-order chi connectivity index (χ0) is 17.9. The molecule has 0 atom stereocenters. The third-order valence-corrected chi connectivity index (χ3v) is 4.93. The zero-order valence-corrected chi connectivity index (χ0v) is 15.6. The lowest BCUT2D eigenvalue weighted by molar-refractivity contribution is 0.0963. The average Bonchev–Trinajstić information content (AvgIpc) is 2.68. The number of guanidine groups is 1. The minimum absolute atomic E-state index is 0.0602. The molecule has 5 nitrogen and oxygen atoms in total. The van der Waals surface area contributed by atoms with E-state index in [0.29, 0.717) is 12.1 Å². The Balaban J connectivity index is 1.66. The molecule has 0 aromatic heterocycles. The van der Waals surface area contributed by atoms with E-state index < -0.39 is 0 Å². The van der Waals surface area contributed by atoms with Crippen molar-refractivity contribution in [1.82, 2.24) is 16.0 Å². The molecule has 0 bridgehead atoms. The van der Waals surface area contributed by atoms with E-state index in [1.54, 1.807) is 14.1 Å². The predicted molar refractivity (Wildman–Crippen MR) is 104 cm³/mol. The van der Waals surface area contributed by atoms with Crippen LogP contribution in [0.1, 0.15) is 60.9 Å². The molecule has 138 valence electrons. The van der Waals surface area contributed by atoms with Gasteiger partial charge in [-0.1, -0.05) is 44.2 Å². The van der Waals surface area contributed by atoms with Crippen molar-refractivity contribution in [2.24, 2.45) is 10.9 Å². The number of nitrogens with zero attached hydrogens (tertiary/aromatic N) is 1. The highest BCUT2D eigenvalue weighted by Gasteiger charge is 2.12. The minimum atomic E-state index is -0.0602. The van der Waals surface area contributed by atoms with Crippen LogP contribution in [0.25, 0.3) is 0 Å².